The number of thiophene rings is 1. The van der Waals surface area contributed by atoms with Crippen LogP contribution in [0.3, 0.4) is 0 Å². The molecule has 4 rings (SSSR count). The minimum Gasteiger partial charge on any atom is -0.341 e. The summed E-state index contributed by atoms with van der Waals surface area (Å²) in [5.74, 6) is 0.267. The Kier molecular flexibility index (Phi) is 6.88. The van der Waals surface area contributed by atoms with Crippen molar-refractivity contribution in [3.63, 3.8) is 0 Å². The molecule has 10 heteroatoms. The van der Waals surface area contributed by atoms with Gasteiger partial charge in [0.15, 0.2) is 5.16 Å². The van der Waals surface area contributed by atoms with E-state index < -0.39 is 0 Å². The van der Waals surface area contributed by atoms with E-state index in [2.05, 4.69) is 38.1 Å². The second-order valence-corrected chi connectivity index (χ2v) is 9.16. The van der Waals surface area contributed by atoms with Crippen molar-refractivity contribution in [1.29, 1.82) is 0 Å². The second-order valence-electron chi connectivity index (χ2n) is 7.27. The summed E-state index contributed by atoms with van der Waals surface area (Å²) in [5.41, 5.74) is 7.03. The molecule has 0 atom stereocenters. The molecule has 1 aliphatic heterocycles. The minimum atomic E-state index is -0.330. The highest BCUT2D eigenvalue weighted by Gasteiger charge is 2.22. The molecule has 162 valence electrons. The van der Waals surface area contributed by atoms with Crippen molar-refractivity contribution in [3.05, 3.63) is 52.2 Å². The summed E-state index contributed by atoms with van der Waals surface area (Å²) in [6.45, 7) is 3.94. The summed E-state index contributed by atoms with van der Waals surface area (Å²) in [4.78, 5) is 27.0. The quantitative estimate of drug-likeness (QED) is 0.437. The first-order valence-electron chi connectivity index (χ1n) is 10.1. The number of nitrogens with one attached hydrogen (secondary N) is 2. The number of aryl methyl sites for hydroxylation is 1. The Morgan fingerprint density at radius 2 is 1.84 bits per heavy atom. The Hall–Kier alpha value is -2.85. The van der Waals surface area contributed by atoms with Crippen LogP contribution >= 0.6 is 23.1 Å². The number of aromatic nitrogens is 3. The molecule has 0 spiro atoms. The smallest absolute Gasteiger partial charge is 0.279 e. The lowest BCUT2D eigenvalue weighted by atomic mass is 10.1. The molecule has 0 radical (unpaired) electrons. The fraction of sp³-hybridized carbons (Fsp3) is 0.333. The van der Waals surface area contributed by atoms with Gasteiger partial charge >= 0.3 is 0 Å². The number of hydrogen-bond acceptors (Lipinski definition) is 7. The van der Waals surface area contributed by atoms with Gasteiger partial charge in [0.05, 0.1) is 16.3 Å². The van der Waals surface area contributed by atoms with E-state index in [1.54, 1.807) is 12.1 Å². The molecule has 1 fully saturated rings. The number of nitrogens with zero attached hydrogens (tertiary/aromatic N) is 4. The SMILES string of the molecule is Cc1ccc(-n2c(SCC(=O)NNC(=O)c3cccs3)nnc2N2CCCCC2)cc1. The van der Waals surface area contributed by atoms with Crippen molar-refractivity contribution in [3.8, 4) is 5.69 Å². The van der Waals surface area contributed by atoms with E-state index in [4.69, 9.17) is 0 Å². The largest absolute Gasteiger partial charge is 0.341 e. The lowest BCUT2D eigenvalue weighted by Crippen LogP contribution is -2.42. The molecule has 0 bridgehead atoms. The van der Waals surface area contributed by atoms with Crippen LogP contribution < -0.4 is 15.8 Å². The van der Waals surface area contributed by atoms with Crippen molar-refractivity contribution in [2.24, 2.45) is 0 Å². The molecule has 8 nitrogen and oxygen atoms in total. The van der Waals surface area contributed by atoms with Gasteiger partial charge in [-0.05, 0) is 49.8 Å². The molecular formula is C21H24N6O2S2. The Labute approximate surface area is 189 Å². The van der Waals surface area contributed by atoms with Crippen LogP contribution in [0, 0.1) is 6.92 Å². The third-order valence-electron chi connectivity index (χ3n) is 4.94. The summed E-state index contributed by atoms with van der Waals surface area (Å²) in [5, 5.41) is 11.3. The first kappa shape index (κ1) is 21.4. The van der Waals surface area contributed by atoms with E-state index in [1.165, 1.54) is 35.1 Å². The fourth-order valence-corrected chi connectivity index (χ4v) is 4.70. The maximum Gasteiger partial charge on any atom is 0.279 e. The zero-order valence-corrected chi connectivity index (χ0v) is 18.8. The van der Waals surface area contributed by atoms with Gasteiger partial charge in [0.25, 0.3) is 5.91 Å². The van der Waals surface area contributed by atoms with Crippen LogP contribution in [-0.4, -0.2) is 45.4 Å². The third kappa shape index (κ3) is 5.26. The molecule has 3 aromatic rings. The topological polar surface area (TPSA) is 92.2 Å². The van der Waals surface area contributed by atoms with E-state index in [9.17, 15) is 9.59 Å². The fourth-order valence-electron chi connectivity index (χ4n) is 3.34. The average molecular weight is 457 g/mol. The van der Waals surface area contributed by atoms with Gasteiger partial charge in [-0.15, -0.1) is 21.5 Å². The van der Waals surface area contributed by atoms with Crippen molar-refractivity contribution >= 4 is 40.9 Å². The molecule has 1 aliphatic rings. The molecule has 0 saturated carbocycles. The van der Waals surface area contributed by atoms with Crippen LogP contribution in [0.15, 0.2) is 46.9 Å². The normalized spacial score (nSPS) is 13.8. The second kappa shape index (κ2) is 9.97. The van der Waals surface area contributed by atoms with E-state index in [-0.39, 0.29) is 17.6 Å². The number of carbonyl (C=O) groups excluding carboxylic acids is 2. The van der Waals surface area contributed by atoms with E-state index in [0.29, 0.717) is 10.0 Å². The molecule has 2 N–H and O–H groups in total. The van der Waals surface area contributed by atoms with Gasteiger partial charge in [-0.25, -0.2) is 0 Å². The monoisotopic (exact) mass is 456 g/mol. The van der Waals surface area contributed by atoms with Crippen molar-refractivity contribution in [2.75, 3.05) is 23.7 Å². The molecule has 31 heavy (non-hydrogen) atoms. The van der Waals surface area contributed by atoms with Crippen LogP contribution in [-0.2, 0) is 4.79 Å². The maximum atomic E-state index is 12.3. The van der Waals surface area contributed by atoms with Gasteiger partial charge in [-0.1, -0.05) is 35.5 Å². The van der Waals surface area contributed by atoms with Gasteiger partial charge < -0.3 is 4.90 Å². The van der Waals surface area contributed by atoms with Crippen LogP contribution in [0.2, 0.25) is 0 Å². The first-order chi connectivity index (χ1) is 15.1. The van der Waals surface area contributed by atoms with Gasteiger partial charge in [0.2, 0.25) is 11.9 Å². The van der Waals surface area contributed by atoms with E-state index in [1.807, 2.05) is 29.0 Å². The summed E-state index contributed by atoms with van der Waals surface area (Å²) >= 11 is 2.60. The maximum absolute atomic E-state index is 12.3. The number of amides is 2. The summed E-state index contributed by atoms with van der Waals surface area (Å²) in [7, 11) is 0. The molecule has 2 amide bonds. The van der Waals surface area contributed by atoms with Crippen LogP contribution in [0.4, 0.5) is 5.95 Å². The average Bonchev–Trinajstić information content (AvgIpc) is 3.48. The van der Waals surface area contributed by atoms with Crippen LogP contribution in [0.1, 0.15) is 34.5 Å². The number of benzene rings is 1. The van der Waals surface area contributed by atoms with Crippen LogP contribution in [0.5, 0.6) is 0 Å². The molecule has 3 heterocycles. The van der Waals surface area contributed by atoms with Crippen molar-refractivity contribution < 1.29 is 9.59 Å². The van der Waals surface area contributed by atoms with E-state index >= 15 is 0 Å². The van der Waals surface area contributed by atoms with E-state index in [0.717, 1.165) is 37.6 Å². The molecule has 1 saturated heterocycles. The van der Waals surface area contributed by atoms with Gasteiger partial charge in [0.1, 0.15) is 0 Å². The first-order valence-corrected chi connectivity index (χ1v) is 12.0. The Balaban J connectivity index is 1.45. The number of thioether (sulfide) groups is 1. The number of carbonyl (C=O) groups is 2. The summed E-state index contributed by atoms with van der Waals surface area (Å²) in [6, 6.07) is 11.7. The summed E-state index contributed by atoms with van der Waals surface area (Å²) < 4.78 is 2.01. The number of hydrogen-bond donors (Lipinski definition) is 2. The highest BCUT2D eigenvalue weighted by Crippen LogP contribution is 2.28. The number of anilines is 1. The number of hydrazine groups is 1. The number of piperidine rings is 1. The minimum absolute atomic E-state index is 0.106. The highest BCUT2D eigenvalue weighted by atomic mass is 32.2. The third-order valence-corrected chi connectivity index (χ3v) is 6.74. The lowest BCUT2D eigenvalue weighted by molar-refractivity contribution is -0.119. The molecule has 0 aliphatic carbocycles. The zero-order valence-electron chi connectivity index (χ0n) is 17.2. The van der Waals surface area contributed by atoms with Gasteiger partial charge in [-0.2, -0.15) is 0 Å². The van der Waals surface area contributed by atoms with Crippen LogP contribution in [0.25, 0.3) is 5.69 Å². The lowest BCUT2D eigenvalue weighted by Gasteiger charge is -2.27. The standard InChI is InChI=1S/C21H24N6O2S2/c1-15-7-9-16(10-8-15)27-20(26-11-3-2-4-12-26)24-25-21(27)31-14-18(28)22-23-19(29)17-6-5-13-30-17/h5-10,13H,2-4,11-12,14H2,1H3,(H,22,28)(H,23,29). The van der Waals surface area contributed by atoms with Crippen molar-refractivity contribution in [2.45, 2.75) is 31.3 Å². The van der Waals surface area contributed by atoms with Gasteiger partial charge in [-0.3, -0.25) is 25.0 Å². The molecule has 2 aromatic heterocycles. The Morgan fingerprint density at radius 3 is 2.55 bits per heavy atom. The predicted octanol–water partition coefficient (Wildman–Crippen LogP) is 3.18. The Bertz CT molecular complexity index is 1030. The predicted molar refractivity (Wildman–Crippen MR) is 123 cm³/mol. The van der Waals surface area contributed by atoms with Crippen molar-refractivity contribution in [1.82, 2.24) is 25.6 Å². The molecular weight excluding hydrogens is 432 g/mol. The number of rotatable bonds is 6. The van der Waals surface area contributed by atoms with Gasteiger partial charge in [0, 0.05) is 13.1 Å². The summed E-state index contributed by atoms with van der Waals surface area (Å²) in [6.07, 6.45) is 3.50. The molecule has 0 unspecified atom stereocenters. The Morgan fingerprint density at radius 1 is 1.06 bits per heavy atom. The highest BCUT2D eigenvalue weighted by molar-refractivity contribution is 7.99. The zero-order chi connectivity index (χ0) is 21.6. The molecule has 1 aromatic carbocycles.